The minimum atomic E-state index is -1.10. The van der Waals surface area contributed by atoms with E-state index in [9.17, 15) is 19.1 Å². The van der Waals surface area contributed by atoms with Crippen LogP contribution in [0, 0.1) is 5.82 Å². The van der Waals surface area contributed by atoms with Crippen LogP contribution < -0.4 is 0 Å². The number of hydrogen-bond donors (Lipinski definition) is 1. The van der Waals surface area contributed by atoms with E-state index < -0.39 is 24.3 Å². The van der Waals surface area contributed by atoms with Crippen molar-refractivity contribution in [2.45, 2.75) is 18.9 Å². The van der Waals surface area contributed by atoms with Crippen LogP contribution in [-0.4, -0.2) is 30.1 Å². The monoisotopic (exact) mass is 410 g/mol. The van der Waals surface area contributed by atoms with Crippen molar-refractivity contribution < 1.29 is 23.8 Å². The molecule has 1 unspecified atom stereocenters. The number of aliphatic hydroxyl groups is 1. The van der Waals surface area contributed by atoms with Crippen LogP contribution in [0.3, 0.4) is 0 Å². The fraction of sp³-hybridized carbons (Fsp3) is 0.200. The molecule has 0 aliphatic rings. The fourth-order valence-electron chi connectivity index (χ4n) is 2.44. The average Bonchev–Trinajstić information content (AvgIpc) is 2.60. The molecule has 0 aromatic heterocycles. The van der Waals surface area contributed by atoms with Gasteiger partial charge < -0.3 is 9.84 Å². The molecule has 0 amide bonds. The Bertz CT molecular complexity index is 863. The van der Waals surface area contributed by atoms with Gasteiger partial charge in [-0.1, -0.05) is 47.5 Å². The summed E-state index contributed by atoms with van der Waals surface area (Å²) in [5.41, 5.74) is 1.90. The number of ketones is 1. The quantitative estimate of drug-likeness (QED) is 0.530. The van der Waals surface area contributed by atoms with Crippen LogP contribution in [0.1, 0.15) is 18.4 Å². The maximum Gasteiger partial charge on any atom is 0.313 e. The molecule has 1 N–H and O–H groups in total. The van der Waals surface area contributed by atoms with E-state index in [2.05, 4.69) is 4.74 Å². The van der Waals surface area contributed by atoms with Gasteiger partial charge in [0, 0.05) is 22.0 Å². The summed E-state index contributed by atoms with van der Waals surface area (Å²) >= 11 is 12.3. The van der Waals surface area contributed by atoms with Gasteiger partial charge in [0.1, 0.15) is 18.0 Å². The molecule has 142 valence electrons. The molecule has 0 spiro atoms. The van der Waals surface area contributed by atoms with Crippen molar-refractivity contribution in [3.8, 4) is 11.1 Å². The van der Waals surface area contributed by atoms with Crippen molar-refractivity contribution in [3.63, 3.8) is 0 Å². The predicted octanol–water partition coefficient (Wildman–Crippen LogP) is 4.70. The summed E-state index contributed by atoms with van der Waals surface area (Å²) in [5.74, 6) is -1.47. The minimum Gasteiger partial charge on any atom is -0.469 e. The highest BCUT2D eigenvalue weighted by Crippen LogP contribution is 2.34. The van der Waals surface area contributed by atoms with E-state index in [0.29, 0.717) is 26.7 Å². The first-order valence-electron chi connectivity index (χ1n) is 8.00. The molecule has 0 bridgehead atoms. The van der Waals surface area contributed by atoms with E-state index in [1.807, 2.05) is 0 Å². The number of carbonyl (C=O) groups excluding carboxylic acids is 2. The van der Waals surface area contributed by atoms with Crippen LogP contribution in [0.2, 0.25) is 10.0 Å². The first kappa shape index (κ1) is 21.1. The summed E-state index contributed by atoms with van der Waals surface area (Å²) in [6.45, 7) is 0. The second kappa shape index (κ2) is 9.65. The van der Waals surface area contributed by atoms with Crippen molar-refractivity contribution in [1.82, 2.24) is 0 Å². The Hall–Kier alpha value is -2.21. The molecule has 2 aromatic rings. The molecule has 27 heavy (non-hydrogen) atoms. The van der Waals surface area contributed by atoms with Gasteiger partial charge >= 0.3 is 5.97 Å². The summed E-state index contributed by atoms with van der Waals surface area (Å²) in [5, 5.41) is 10.8. The highest BCUT2D eigenvalue weighted by Gasteiger charge is 2.14. The molecule has 0 saturated heterocycles. The number of halogens is 3. The van der Waals surface area contributed by atoms with Gasteiger partial charge in [0.05, 0.1) is 13.2 Å². The zero-order valence-corrected chi connectivity index (χ0v) is 15.9. The zero-order chi connectivity index (χ0) is 20.0. The van der Waals surface area contributed by atoms with Crippen LogP contribution in [-0.2, 0) is 14.3 Å². The Labute approximate surface area is 166 Å². The number of rotatable bonds is 7. The number of carbonyl (C=O) groups is 2. The van der Waals surface area contributed by atoms with Gasteiger partial charge in [-0.3, -0.25) is 9.59 Å². The molecule has 4 nitrogen and oxygen atoms in total. The van der Waals surface area contributed by atoms with Crippen molar-refractivity contribution in [3.05, 3.63) is 63.9 Å². The van der Waals surface area contributed by atoms with E-state index in [1.54, 1.807) is 30.3 Å². The van der Waals surface area contributed by atoms with Crippen LogP contribution >= 0.6 is 23.2 Å². The lowest BCUT2D eigenvalue weighted by molar-refractivity contribution is -0.143. The van der Waals surface area contributed by atoms with Crippen molar-refractivity contribution in [1.29, 1.82) is 0 Å². The van der Waals surface area contributed by atoms with Gasteiger partial charge in [-0.2, -0.15) is 0 Å². The standard InChI is InChI=1S/C20H17Cl2FO4/c1-27-20(26)11-16(25)10-15(24)6-7-17-18(8-13(21)9-19(17)22)12-2-4-14(23)5-3-12/h2-9,15,24H,10-11H2,1H3. The van der Waals surface area contributed by atoms with Crippen LogP contribution in [0.4, 0.5) is 4.39 Å². The molecule has 0 saturated carbocycles. The van der Waals surface area contributed by atoms with Crippen LogP contribution in [0.15, 0.2) is 42.5 Å². The average molecular weight is 411 g/mol. The highest BCUT2D eigenvalue weighted by molar-refractivity contribution is 6.36. The number of methoxy groups -OCH3 is 1. The van der Waals surface area contributed by atoms with Gasteiger partial charge in [-0.15, -0.1) is 0 Å². The van der Waals surface area contributed by atoms with Gasteiger partial charge in [-0.05, 0) is 35.4 Å². The molecule has 2 aromatic carbocycles. The van der Waals surface area contributed by atoms with E-state index >= 15 is 0 Å². The van der Waals surface area contributed by atoms with Crippen molar-refractivity contribution in [2.75, 3.05) is 7.11 Å². The molecule has 1 atom stereocenters. The molecular weight excluding hydrogens is 394 g/mol. The number of aliphatic hydroxyl groups excluding tert-OH is 1. The Balaban J connectivity index is 2.24. The number of Topliss-reactive ketones (excluding diaryl/α,β-unsaturated/α-hetero) is 1. The van der Waals surface area contributed by atoms with Gasteiger partial charge in [0.25, 0.3) is 0 Å². The van der Waals surface area contributed by atoms with Crippen LogP contribution in [0.5, 0.6) is 0 Å². The Morgan fingerprint density at radius 3 is 2.52 bits per heavy atom. The lowest BCUT2D eigenvalue weighted by Gasteiger charge is -2.11. The van der Waals surface area contributed by atoms with E-state index in [-0.39, 0.29) is 12.2 Å². The van der Waals surface area contributed by atoms with Gasteiger partial charge in [0.15, 0.2) is 0 Å². The minimum absolute atomic E-state index is 0.233. The molecule has 7 heteroatoms. The van der Waals surface area contributed by atoms with E-state index in [0.717, 1.165) is 0 Å². The molecule has 0 aliphatic heterocycles. The molecule has 2 rings (SSSR count). The number of benzene rings is 2. The van der Waals surface area contributed by atoms with E-state index in [4.69, 9.17) is 23.2 Å². The summed E-state index contributed by atoms with van der Waals surface area (Å²) in [4.78, 5) is 22.8. The smallest absolute Gasteiger partial charge is 0.313 e. The third-order valence-corrected chi connectivity index (χ3v) is 4.27. The Morgan fingerprint density at radius 1 is 1.22 bits per heavy atom. The SMILES string of the molecule is COC(=O)CC(=O)CC(O)C=Cc1c(Cl)cc(Cl)cc1-c1ccc(F)cc1. The first-order chi connectivity index (χ1) is 12.8. The van der Waals surface area contributed by atoms with Crippen LogP contribution in [0.25, 0.3) is 17.2 Å². The Kier molecular flexibility index (Phi) is 7.54. The molecular formula is C20H17Cl2FO4. The van der Waals surface area contributed by atoms with Gasteiger partial charge in [0.2, 0.25) is 0 Å². The first-order valence-corrected chi connectivity index (χ1v) is 8.75. The Morgan fingerprint density at radius 2 is 1.89 bits per heavy atom. The molecule has 0 heterocycles. The van der Waals surface area contributed by atoms with Gasteiger partial charge in [-0.25, -0.2) is 4.39 Å². The summed E-state index contributed by atoms with van der Waals surface area (Å²) in [6.07, 6.45) is 1.23. The number of ether oxygens (including phenoxy) is 1. The maximum atomic E-state index is 13.2. The molecule has 0 aliphatic carbocycles. The summed E-state index contributed by atoms with van der Waals surface area (Å²) < 4.78 is 17.6. The highest BCUT2D eigenvalue weighted by atomic mass is 35.5. The fourth-order valence-corrected chi connectivity index (χ4v) is 2.99. The normalized spacial score (nSPS) is 12.2. The van der Waals surface area contributed by atoms with E-state index in [1.165, 1.54) is 25.3 Å². The number of hydrogen-bond acceptors (Lipinski definition) is 4. The zero-order valence-electron chi connectivity index (χ0n) is 14.4. The van der Waals surface area contributed by atoms with Crippen molar-refractivity contribution >= 4 is 41.0 Å². The topological polar surface area (TPSA) is 63.6 Å². The molecule has 0 radical (unpaired) electrons. The third-order valence-electron chi connectivity index (χ3n) is 3.74. The summed E-state index contributed by atoms with van der Waals surface area (Å²) in [7, 11) is 1.19. The lowest BCUT2D eigenvalue weighted by atomic mass is 9.98. The second-order valence-electron chi connectivity index (χ2n) is 5.78. The largest absolute Gasteiger partial charge is 0.469 e. The maximum absolute atomic E-state index is 13.2. The second-order valence-corrected chi connectivity index (χ2v) is 6.62. The van der Waals surface area contributed by atoms with Crippen molar-refractivity contribution in [2.24, 2.45) is 0 Å². The predicted molar refractivity (Wildman–Crippen MR) is 103 cm³/mol. The summed E-state index contributed by atoms with van der Waals surface area (Å²) in [6, 6.07) is 9.03. The third kappa shape index (κ3) is 6.17. The lowest BCUT2D eigenvalue weighted by Crippen LogP contribution is -2.15. The number of esters is 1. The molecule has 0 fully saturated rings.